The molecule has 0 spiro atoms. The van der Waals surface area contributed by atoms with Gasteiger partial charge in [-0.3, -0.25) is 9.48 Å². The van der Waals surface area contributed by atoms with Crippen LogP contribution < -0.4 is 5.32 Å². The molecule has 0 radical (unpaired) electrons. The van der Waals surface area contributed by atoms with Crippen LogP contribution in [0.1, 0.15) is 23.7 Å². The third-order valence-corrected chi connectivity index (χ3v) is 4.34. The van der Waals surface area contributed by atoms with Gasteiger partial charge in [-0.1, -0.05) is 35.9 Å². The minimum absolute atomic E-state index is 0.0869. The first-order valence-electron chi connectivity index (χ1n) is 8.72. The number of hydrogen-bond acceptors (Lipinski definition) is 7. The quantitative estimate of drug-likeness (QED) is 0.589. The summed E-state index contributed by atoms with van der Waals surface area (Å²) in [5.74, 6) is -0.0929. The fourth-order valence-electron chi connectivity index (χ4n) is 2.60. The first kappa shape index (κ1) is 20.0. The SMILES string of the molecule is C[C@@H](C#N)CC(=O)c1ccc(-c2nc(Nc3cnn(CC#N)c3)ncc2Cl)cc1. The second-order valence-corrected chi connectivity index (χ2v) is 6.74. The van der Waals surface area contributed by atoms with Gasteiger partial charge in [0.05, 0.1) is 46.9 Å². The third kappa shape index (κ3) is 4.95. The number of carbonyl (C=O) groups excluding carboxylic acids is 1. The summed E-state index contributed by atoms with van der Waals surface area (Å²) < 4.78 is 1.49. The van der Waals surface area contributed by atoms with E-state index in [0.717, 1.165) is 5.56 Å². The maximum Gasteiger partial charge on any atom is 0.227 e. The van der Waals surface area contributed by atoms with E-state index in [2.05, 4.69) is 26.5 Å². The Balaban J connectivity index is 1.79. The Bertz CT molecular complexity index is 1110. The van der Waals surface area contributed by atoms with Gasteiger partial charge in [-0.05, 0) is 6.92 Å². The zero-order valence-electron chi connectivity index (χ0n) is 15.5. The normalized spacial score (nSPS) is 11.3. The highest BCUT2D eigenvalue weighted by Crippen LogP contribution is 2.27. The highest BCUT2D eigenvalue weighted by Gasteiger charge is 2.13. The largest absolute Gasteiger partial charge is 0.321 e. The van der Waals surface area contributed by atoms with E-state index >= 15 is 0 Å². The second kappa shape index (κ2) is 8.96. The Kier molecular flexibility index (Phi) is 6.18. The zero-order valence-corrected chi connectivity index (χ0v) is 16.3. The molecule has 0 amide bonds. The van der Waals surface area contributed by atoms with Gasteiger partial charge in [0.2, 0.25) is 5.95 Å². The zero-order chi connectivity index (χ0) is 20.8. The highest BCUT2D eigenvalue weighted by atomic mass is 35.5. The van der Waals surface area contributed by atoms with Crippen molar-refractivity contribution in [3.8, 4) is 23.4 Å². The van der Waals surface area contributed by atoms with E-state index in [1.807, 2.05) is 6.07 Å². The van der Waals surface area contributed by atoms with Gasteiger partial charge in [-0.2, -0.15) is 15.6 Å². The molecule has 0 fully saturated rings. The average Bonchev–Trinajstić information content (AvgIpc) is 3.16. The lowest BCUT2D eigenvalue weighted by Gasteiger charge is -2.08. The monoisotopic (exact) mass is 405 g/mol. The number of aromatic nitrogens is 4. The molecular formula is C20H16ClN7O. The number of benzene rings is 1. The van der Waals surface area contributed by atoms with Crippen molar-refractivity contribution in [3.05, 3.63) is 53.4 Å². The topological polar surface area (TPSA) is 120 Å². The van der Waals surface area contributed by atoms with E-state index < -0.39 is 0 Å². The van der Waals surface area contributed by atoms with Crippen LogP contribution in [0.4, 0.5) is 11.6 Å². The van der Waals surface area contributed by atoms with E-state index in [0.29, 0.717) is 27.9 Å². The van der Waals surface area contributed by atoms with Crippen molar-refractivity contribution in [1.82, 2.24) is 19.7 Å². The molecule has 144 valence electrons. The molecule has 2 heterocycles. The molecule has 9 heteroatoms. The molecule has 3 aromatic rings. The van der Waals surface area contributed by atoms with Gasteiger partial charge in [0.1, 0.15) is 6.54 Å². The number of nitriles is 2. The third-order valence-electron chi connectivity index (χ3n) is 4.06. The molecular weight excluding hydrogens is 390 g/mol. The van der Waals surface area contributed by atoms with E-state index in [9.17, 15) is 4.79 Å². The second-order valence-electron chi connectivity index (χ2n) is 6.33. The fourth-order valence-corrected chi connectivity index (χ4v) is 2.80. The van der Waals surface area contributed by atoms with Gasteiger partial charge in [-0.25, -0.2) is 9.97 Å². The van der Waals surface area contributed by atoms with Gasteiger partial charge in [0.15, 0.2) is 5.78 Å². The molecule has 1 atom stereocenters. The molecule has 0 bridgehead atoms. The van der Waals surface area contributed by atoms with E-state index in [-0.39, 0.29) is 24.7 Å². The predicted octanol–water partition coefficient (Wildman–Crippen LogP) is 3.99. The molecule has 0 aliphatic heterocycles. The van der Waals surface area contributed by atoms with Crippen LogP contribution in [0.25, 0.3) is 11.3 Å². The standard InChI is InChI=1S/C20H16ClN7O/c1-13(9-23)8-18(29)14-2-4-15(5-3-14)19-17(21)11-24-20(27-19)26-16-10-25-28(12-16)7-6-22/h2-5,10-13H,7-8H2,1H3,(H,24,26,27)/t13-/m1/s1. The fraction of sp³-hybridized carbons (Fsp3) is 0.200. The summed E-state index contributed by atoms with van der Waals surface area (Å²) >= 11 is 6.26. The van der Waals surface area contributed by atoms with Crippen molar-refractivity contribution in [2.75, 3.05) is 5.32 Å². The summed E-state index contributed by atoms with van der Waals surface area (Å²) in [5, 5.41) is 25.0. The smallest absolute Gasteiger partial charge is 0.227 e. The van der Waals surface area contributed by atoms with Gasteiger partial charge < -0.3 is 5.32 Å². The van der Waals surface area contributed by atoms with Crippen LogP contribution in [0, 0.1) is 28.6 Å². The van der Waals surface area contributed by atoms with E-state index in [4.69, 9.17) is 22.1 Å². The lowest BCUT2D eigenvalue weighted by molar-refractivity contribution is 0.0973. The van der Waals surface area contributed by atoms with Crippen LogP contribution in [0.3, 0.4) is 0 Å². The number of hydrogen-bond donors (Lipinski definition) is 1. The van der Waals surface area contributed by atoms with Crippen molar-refractivity contribution in [2.45, 2.75) is 19.9 Å². The number of nitrogens with one attached hydrogen (secondary N) is 1. The van der Waals surface area contributed by atoms with Crippen LogP contribution in [0.5, 0.6) is 0 Å². The van der Waals surface area contributed by atoms with Gasteiger partial charge in [-0.15, -0.1) is 0 Å². The summed E-state index contributed by atoms with van der Waals surface area (Å²) in [4.78, 5) is 20.8. The first-order chi connectivity index (χ1) is 14.0. The summed E-state index contributed by atoms with van der Waals surface area (Å²) in [6.07, 6.45) is 4.90. The van der Waals surface area contributed by atoms with Gasteiger partial charge in [0, 0.05) is 23.7 Å². The number of ketones is 1. The molecule has 8 nitrogen and oxygen atoms in total. The number of carbonyl (C=O) groups is 1. The van der Waals surface area contributed by atoms with Crippen LogP contribution in [0.2, 0.25) is 5.02 Å². The van der Waals surface area contributed by atoms with E-state index in [1.165, 1.54) is 10.9 Å². The Hall–Kier alpha value is -3.75. The lowest BCUT2D eigenvalue weighted by Crippen LogP contribution is -2.04. The predicted molar refractivity (Wildman–Crippen MR) is 107 cm³/mol. The average molecular weight is 406 g/mol. The number of nitrogens with zero attached hydrogens (tertiary/aromatic N) is 6. The molecule has 0 aliphatic rings. The first-order valence-corrected chi connectivity index (χ1v) is 9.10. The summed E-state index contributed by atoms with van der Waals surface area (Å²) in [7, 11) is 0. The summed E-state index contributed by atoms with van der Waals surface area (Å²) in [6, 6.07) is 11.0. The minimum atomic E-state index is -0.329. The van der Waals surface area contributed by atoms with Crippen LogP contribution in [-0.4, -0.2) is 25.5 Å². The van der Waals surface area contributed by atoms with Gasteiger partial charge in [0.25, 0.3) is 0 Å². The van der Waals surface area contributed by atoms with Crippen LogP contribution >= 0.6 is 11.6 Å². The Morgan fingerprint density at radius 2 is 2.03 bits per heavy atom. The summed E-state index contributed by atoms with van der Waals surface area (Å²) in [6.45, 7) is 1.86. The Morgan fingerprint density at radius 1 is 1.28 bits per heavy atom. The van der Waals surface area contributed by atoms with Crippen molar-refractivity contribution in [2.24, 2.45) is 5.92 Å². The van der Waals surface area contributed by atoms with Crippen LogP contribution in [0.15, 0.2) is 42.9 Å². The number of Topliss-reactive ketones (excluding diaryl/α,β-unsaturated/α-hetero) is 1. The Morgan fingerprint density at radius 3 is 2.72 bits per heavy atom. The molecule has 0 saturated carbocycles. The molecule has 2 aromatic heterocycles. The highest BCUT2D eigenvalue weighted by molar-refractivity contribution is 6.32. The number of rotatable bonds is 7. The maximum absolute atomic E-state index is 12.2. The molecule has 0 unspecified atom stereocenters. The molecule has 29 heavy (non-hydrogen) atoms. The maximum atomic E-state index is 12.2. The number of anilines is 2. The molecule has 1 N–H and O–H groups in total. The molecule has 3 rings (SSSR count). The van der Waals surface area contributed by atoms with Gasteiger partial charge >= 0.3 is 0 Å². The van der Waals surface area contributed by atoms with Crippen molar-refractivity contribution in [1.29, 1.82) is 10.5 Å². The molecule has 0 aliphatic carbocycles. The summed E-state index contributed by atoms with van der Waals surface area (Å²) in [5.41, 5.74) is 2.41. The Labute approximate surface area is 172 Å². The van der Waals surface area contributed by atoms with E-state index in [1.54, 1.807) is 43.6 Å². The van der Waals surface area contributed by atoms with Crippen molar-refractivity contribution < 1.29 is 4.79 Å². The molecule has 0 saturated heterocycles. The lowest BCUT2D eigenvalue weighted by atomic mass is 9.99. The van der Waals surface area contributed by atoms with Crippen molar-refractivity contribution in [3.63, 3.8) is 0 Å². The van der Waals surface area contributed by atoms with Crippen LogP contribution in [-0.2, 0) is 6.54 Å². The number of halogens is 1. The van der Waals surface area contributed by atoms with Crippen molar-refractivity contribution >= 4 is 29.0 Å². The molecule has 1 aromatic carbocycles. The minimum Gasteiger partial charge on any atom is -0.321 e.